The lowest BCUT2D eigenvalue weighted by Crippen LogP contribution is -2.36. The van der Waals surface area contributed by atoms with Crippen molar-refractivity contribution in [1.82, 2.24) is 14.9 Å². The van der Waals surface area contributed by atoms with E-state index in [4.69, 9.17) is 0 Å². The lowest BCUT2D eigenvalue weighted by Gasteiger charge is -2.26. The summed E-state index contributed by atoms with van der Waals surface area (Å²) in [4.78, 5) is 25.3. The molecule has 0 aliphatic carbocycles. The number of piperidine rings is 1. The Balaban J connectivity index is 1.44. The van der Waals surface area contributed by atoms with Crippen molar-refractivity contribution in [2.24, 2.45) is 0 Å². The molecule has 2 fully saturated rings. The number of carbonyl (C=O) groups is 1. The molecule has 6 heteroatoms. The second kappa shape index (κ2) is 7.72. The summed E-state index contributed by atoms with van der Waals surface area (Å²) in [6.45, 7) is 3.93. The molecular weight excluding hydrogens is 326 g/mol. The van der Waals surface area contributed by atoms with E-state index in [0.717, 1.165) is 44.7 Å². The van der Waals surface area contributed by atoms with Crippen LogP contribution < -0.4 is 10.2 Å². The molecule has 0 radical (unpaired) electrons. The van der Waals surface area contributed by atoms with Crippen LogP contribution in [0, 0.1) is 0 Å². The average molecular weight is 351 g/mol. The standard InChI is InChI=1S/C20H25N5O/c26-20(25-12-2-1-3-13-25)18-14-19(22-15-21-18)23-16-6-8-17(9-7-16)24-10-4-5-11-24/h6-9,14-15H,1-5,10-13H2,(H,21,22,23). The maximum atomic E-state index is 12.6. The number of hydrogen-bond donors (Lipinski definition) is 1. The number of nitrogens with zero attached hydrogens (tertiary/aromatic N) is 4. The smallest absolute Gasteiger partial charge is 0.272 e. The zero-order chi connectivity index (χ0) is 17.8. The van der Waals surface area contributed by atoms with Crippen molar-refractivity contribution >= 4 is 23.1 Å². The highest BCUT2D eigenvalue weighted by Crippen LogP contribution is 2.23. The first-order valence-electron chi connectivity index (χ1n) is 9.53. The molecule has 2 aromatic rings. The van der Waals surface area contributed by atoms with Crippen LogP contribution in [-0.2, 0) is 0 Å². The molecule has 0 bridgehead atoms. The number of benzene rings is 1. The van der Waals surface area contributed by atoms with Crippen LogP contribution in [0.1, 0.15) is 42.6 Å². The lowest BCUT2D eigenvalue weighted by molar-refractivity contribution is 0.0718. The summed E-state index contributed by atoms with van der Waals surface area (Å²) < 4.78 is 0. The Hall–Kier alpha value is -2.63. The minimum Gasteiger partial charge on any atom is -0.372 e. The van der Waals surface area contributed by atoms with E-state index in [2.05, 4.69) is 44.5 Å². The summed E-state index contributed by atoms with van der Waals surface area (Å²) in [5.41, 5.74) is 2.68. The second-order valence-electron chi connectivity index (χ2n) is 7.01. The van der Waals surface area contributed by atoms with Crippen molar-refractivity contribution in [2.75, 3.05) is 36.4 Å². The number of hydrogen-bond acceptors (Lipinski definition) is 5. The molecule has 1 aromatic heterocycles. The first-order chi connectivity index (χ1) is 12.8. The quantitative estimate of drug-likeness (QED) is 0.914. The van der Waals surface area contributed by atoms with Crippen LogP contribution in [0.25, 0.3) is 0 Å². The van der Waals surface area contributed by atoms with Gasteiger partial charge in [0.05, 0.1) is 0 Å². The van der Waals surface area contributed by atoms with E-state index in [9.17, 15) is 4.79 Å². The van der Waals surface area contributed by atoms with Crippen molar-refractivity contribution in [3.63, 3.8) is 0 Å². The largest absolute Gasteiger partial charge is 0.372 e. The molecule has 0 spiro atoms. The van der Waals surface area contributed by atoms with Crippen LogP contribution in [-0.4, -0.2) is 47.0 Å². The van der Waals surface area contributed by atoms with E-state index < -0.39 is 0 Å². The van der Waals surface area contributed by atoms with Crippen LogP contribution in [0.4, 0.5) is 17.2 Å². The van der Waals surface area contributed by atoms with Crippen molar-refractivity contribution in [1.29, 1.82) is 0 Å². The molecule has 2 aliphatic rings. The van der Waals surface area contributed by atoms with Crippen molar-refractivity contribution < 1.29 is 4.79 Å². The third-order valence-electron chi connectivity index (χ3n) is 5.14. The molecule has 26 heavy (non-hydrogen) atoms. The molecule has 6 nitrogen and oxygen atoms in total. The summed E-state index contributed by atoms with van der Waals surface area (Å²) in [6, 6.07) is 10.1. The Morgan fingerprint density at radius 1 is 0.885 bits per heavy atom. The van der Waals surface area contributed by atoms with E-state index in [1.807, 2.05) is 4.90 Å². The predicted molar refractivity (Wildman–Crippen MR) is 103 cm³/mol. The van der Waals surface area contributed by atoms with Gasteiger partial charge in [0.15, 0.2) is 0 Å². The van der Waals surface area contributed by atoms with Crippen LogP contribution in [0.15, 0.2) is 36.7 Å². The Bertz CT molecular complexity index is 749. The van der Waals surface area contributed by atoms with E-state index in [1.165, 1.54) is 31.3 Å². The normalized spacial score (nSPS) is 17.4. The monoisotopic (exact) mass is 351 g/mol. The molecule has 2 aliphatic heterocycles. The van der Waals surface area contributed by atoms with Crippen LogP contribution >= 0.6 is 0 Å². The van der Waals surface area contributed by atoms with E-state index in [1.54, 1.807) is 6.07 Å². The average Bonchev–Trinajstić information content (AvgIpc) is 3.24. The van der Waals surface area contributed by atoms with E-state index in [-0.39, 0.29) is 5.91 Å². The summed E-state index contributed by atoms with van der Waals surface area (Å²) in [7, 11) is 0. The Morgan fingerprint density at radius 3 is 2.31 bits per heavy atom. The molecule has 4 rings (SSSR count). The summed E-state index contributed by atoms with van der Waals surface area (Å²) in [5, 5.41) is 3.28. The van der Waals surface area contributed by atoms with Gasteiger partial charge in [-0.2, -0.15) is 0 Å². The van der Waals surface area contributed by atoms with Gasteiger partial charge in [0.1, 0.15) is 17.8 Å². The van der Waals surface area contributed by atoms with Gasteiger partial charge < -0.3 is 15.1 Å². The van der Waals surface area contributed by atoms with Crippen LogP contribution in [0.2, 0.25) is 0 Å². The molecule has 0 atom stereocenters. The fraction of sp³-hybridized carbons (Fsp3) is 0.450. The maximum Gasteiger partial charge on any atom is 0.272 e. The Kier molecular flexibility index (Phi) is 5.00. The van der Waals surface area contributed by atoms with Gasteiger partial charge in [0.2, 0.25) is 0 Å². The molecule has 136 valence electrons. The number of aromatic nitrogens is 2. The zero-order valence-electron chi connectivity index (χ0n) is 15.0. The SMILES string of the molecule is O=C(c1cc(Nc2ccc(N3CCCC3)cc2)ncn1)N1CCCCC1. The van der Waals surface area contributed by atoms with Gasteiger partial charge in [-0.25, -0.2) is 9.97 Å². The van der Waals surface area contributed by atoms with E-state index >= 15 is 0 Å². The molecule has 0 saturated carbocycles. The minimum atomic E-state index is -0.000434. The number of likely N-dealkylation sites (tertiary alicyclic amines) is 1. The number of carbonyl (C=O) groups excluding carboxylic acids is 1. The summed E-state index contributed by atoms with van der Waals surface area (Å²) in [5.74, 6) is 0.647. The zero-order valence-corrected chi connectivity index (χ0v) is 15.0. The topological polar surface area (TPSA) is 61.4 Å². The molecule has 0 unspecified atom stereocenters. The maximum absolute atomic E-state index is 12.6. The van der Waals surface area contributed by atoms with Gasteiger partial charge >= 0.3 is 0 Å². The van der Waals surface area contributed by atoms with Crippen molar-refractivity contribution in [2.45, 2.75) is 32.1 Å². The second-order valence-corrected chi connectivity index (χ2v) is 7.01. The third kappa shape index (κ3) is 3.79. The molecule has 2 saturated heterocycles. The van der Waals surface area contributed by atoms with Crippen LogP contribution in [0.5, 0.6) is 0 Å². The fourth-order valence-electron chi connectivity index (χ4n) is 3.68. The predicted octanol–water partition coefficient (Wildman–Crippen LogP) is 3.45. The van der Waals surface area contributed by atoms with Crippen molar-refractivity contribution in [3.8, 4) is 0 Å². The molecule has 1 amide bonds. The molecule has 1 aromatic carbocycles. The van der Waals surface area contributed by atoms with Gasteiger partial charge in [0, 0.05) is 43.6 Å². The highest BCUT2D eigenvalue weighted by atomic mass is 16.2. The van der Waals surface area contributed by atoms with Gasteiger partial charge in [-0.1, -0.05) is 0 Å². The van der Waals surface area contributed by atoms with E-state index in [0.29, 0.717) is 11.5 Å². The first-order valence-corrected chi connectivity index (χ1v) is 9.53. The highest BCUT2D eigenvalue weighted by molar-refractivity contribution is 5.93. The fourth-order valence-corrected chi connectivity index (χ4v) is 3.68. The Labute approximate surface area is 154 Å². The third-order valence-corrected chi connectivity index (χ3v) is 5.14. The Morgan fingerprint density at radius 2 is 1.58 bits per heavy atom. The van der Waals surface area contributed by atoms with Gasteiger partial charge in [-0.15, -0.1) is 0 Å². The summed E-state index contributed by atoms with van der Waals surface area (Å²) in [6.07, 6.45) is 7.35. The lowest BCUT2D eigenvalue weighted by atomic mass is 10.1. The number of rotatable bonds is 4. The summed E-state index contributed by atoms with van der Waals surface area (Å²) >= 11 is 0. The van der Waals surface area contributed by atoms with Crippen molar-refractivity contribution in [3.05, 3.63) is 42.4 Å². The molecule has 3 heterocycles. The number of nitrogens with one attached hydrogen (secondary N) is 1. The number of anilines is 3. The molecular formula is C20H25N5O. The number of amides is 1. The van der Waals surface area contributed by atoms with Gasteiger partial charge in [0.25, 0.3) is 5.91 Å². The molecule has 1 N–H and O–H groups in total. The first kappa shape index (κ1) is 16.8. The van der Waals surface area contributed by atoms with Gasteiger partial charge in [-0.3, -0.25) is 4.79 Å². The highest BCUT2D eigenvalue weighted by Gasteiger charge is 2.19. The van der Waals surface area contributed by atoms with Gasteiger partial charge in [-0.05, 0) is 56.4 Å². The van der Waals surface area contributed by atoms with Crippen LogP contribution in [0.3, 0.4) is 0 Å². The minimum absolute atomic E-state index is 0.000434.